The number of non-ortho nitro benzene ring substituents is 1. The van der Waals surface area contributed by atoms with Gasteiger partial charge in [-0.15, -0.1) is 0 Å². The predicted molar refractivity (Wildman–Crippen MR) is 80.8 cm³/mol. The molecule has 118 valence electrons. The molecule has 3 N–H and O–H groups in total. The van der Waals surface area contributed by atoms with Crippen molar-refractivity contribution in [2.24, 2.45) is 5.73 Å². The molecule has 1 atom stereocenters. The summed E-state index contributed by atoms with van der Waals surface area (Å²) in [6, 6.07) is 2.85. The number of benzene rings is 1. The quantitative estimate of drug-likeness (QED) is 0.557. The monoisotopic (exact) mass is 335 g/mol. The minimum absolute atomic E-state index is 0.170. The second-order valence-corrected chi connectivity index (χ2v) is 6.66. The Morgan fingerprint density at radius 1 is 1.48 bits per heavy atom. The van der Waals surface area contributed by atoms with E-state index in [1.807, 2.05) is 6.92 Å². The first-order valence-electron chi connectivity index (χ1n) is 6.48. The molecule has 0 heterocycles. The van der Waals surface area contributed by atoms with E-state index < -0.39 is 14.9 Å². The number of nitrogens with one attached hydrogen (secondary N) is 1. The molecule has 0 bridgehead atoms. The maximum Gasteiger partial charge on any atom is 0.271 e. The third kappa shape index (κ3) is 4.92. The van der Waals surface area contributed by atoms with Gasteiger partial charge >= 0.3 is 0 Å². The molecule has 1 rings (SSSR count). The number of nitrogens with zero attached hydrogens (tertiary/aromatic N) is 1. The van der Waals surface area contributed by atoms with E-state index in [4.69, 9.17) is 17.3 Å². The number of hydrogen-bond acceptors (Lipinski definition) is 5. The zero-order chi connectivity index (χ0) is 16.0. The van der Waals surface area contributed by atoms with Crippen LogP contribution in [0, 0.1) is 10.1 Å². The lowest BCUT2D eigenvalue weighted by atomic mass is 10.1. The van der Waals surface area contributed by atoms with Gasteiger partial charge in [-0.2, -0.15) is 0 Å². The van der Waals surface area contributed by atoms with Gasteiger partial charge in [-0.3, -0.25) is 10.1 Å². The highest BCUT2D eigenvalue weighted by molar-refractivity contribution is 7.89. The summed E-state index contributed by atoms with van der Waals surface area (Å²) in [5, 5.41) is 10.4. The van der Waals surface area contributed by atoms with E-state index in [0.29, 0.717) is 6.42 Å². The van der Waals surface area contributed by atoms with Gasteiger partial charge in [0, 0.05) is 24.7 Å². The van der Waals surface area contributed by atoms with Crippen molar-refractivity contribution in [3.8, 4) is 0 Å². The van der Waals surface area contributed by atoms with Gasteiger partial charge in [-0.25, -0.2) is 13.1 Å². The summed E-state index contributed by atoms with van der Waals surface area (Å²) >= 11 is 5.83. The molecule has 0 amide bonds. The SMILES string of the molecule is CCCCC(CN)NS(=O)(=O)c1ccc([N+](=O)[O-])cc1Cl. The Morgan fingerprint density at radius 3 is 2.62 bits per heavy atom. The van der Waals surface area contributed by atoms with Crippen LogP contribution < -0.4 is 10.5 Å². The molecule has 1 unspecified atom stereocenters. The maximum absolute atomic E-state index is 12.2. The molecule has 0 spiro atoms. The number of nitro groups is 1. The van der Waals surface area contributed by atoms with Crippen molar-refractivity contribution >= 4 is 27.3 Å². The third-order valence-corrected chi connectivity index (χ3v) is 4.93. The zero-order valence-corrected chi connectivity index (χ0v) is 13.2. The first kappa shape index (κ1) is 17.8. The van der Waals surface area contributed by atoms with E-state index in [2.05, 4.69) is 4.72 Å². The molecule has 0 fully saturated rings. The summed E-state index contributed by atoms with van der Waals surface area (Å²) in [6.07, 6.45) is 2.39. The molecule has 0 aliphatic heterocycles. The van der Waals surface area contributed by atoms with Crippen LogP contribution in [0.1, 0.15) is 26.2 Å². The van der Waals surface area contributed by atoms with Crippen LogP contribution in [0.15, 0.2) is 23.1 Å². The summed E-state index contributed by atoms with van der Waals surface area (Å²) < 4.78 is 27.0. The van der Waals surface area contributed by atoms with Crippen molar-refractivity contribution in [3.63, 3.8) is 0 Å². The minimum Gasteiger partial charge on any atom is -0.329 e. The predicted octanol–water partition coefficient (Wildman–Crippen LogP) is 2.04. The molecule has 0 radical (unpaired) electrons. The topological polar surface area (TPSA) is 115 Å². The van der Waals surface area contributed by atoms with Crippen LogP contribution >= 0.6 is 11.6 Å². The van der Waals surface area contributed by atoms with E-state index in [-0.39, 0.29) is 28.2 Å². The minimum atomic E-state index is -3.86. The van der Waals surface area contributed by atoms with Crippen molar-refractivity contribution < 1.29 is 13.3 Å². The molecule has 21 heavy (non-hydrogen) atoms. The summed E-state index contributed by atoms with van der Waals surface area (Å²) in [4.78, 5) is 9.79. The number of halogens is 1. The number of sulfonamides is 1. The van der Waals surface area contributed by atoms with Crippen molar-refractivity contribution in [2.45, 2.75) is 37.1 Å². The normalized spacial score (nSPS) is 13.1. The first-order chi connectivity index (χ1) is 9.81. The van der Waals surface area contributed by atoms with Crippen LogP contribution in [-0.2, 0) is 10.0 Å². The van der Waals surface area contributed by atoms with E-state index in [9.17, 15) is 18.5 Å². The summed E-state index contributed by atoms with van der Waals surface area (Å²) in [6.45, 7) is 2.17. The fourth-order valence-electron chi connectivity index (χ4n) is 1.78. The Balaban J connectivity index is 2.99. The number of nitro benzene ring substituents is 1. The molecule has 9 heteroatoms. The Morgan fingerprint density at radius 2 is 2.14 bits per heavy atom. The van der Waals surface area contributed by atoms with Crippen LogP contribution in [0.4, 0.5) is 5.69 Å². The Kier molecular flexibility index (Phi) is 6.53. The van der Waals surface area contributed by atoms with Gasteiger partial charge in [-0.05, 0) is 12.5 Å². The highest BCUT2D eigenvalue weighted by Gasteiger charge is 2.23. The average Bonchev–Trinajstić information content (AvgIpc) is 2.42. The fourth-order valence-corrected chi connectivity index (χ4v) is 3.60. The number of rotatable bonds is 8. The molecule has 0 aliphatic rings. The summed E-state index contributed by atoms with van der Waals surface area (Å²) in [5.41, 5.74) is 5.29. The third-order valence-electron chi connectivity index (χ3n) is 2.93. The number of nitrogens with two attached hydrogens (primary N) is 1. The second kappa shape index (κ2) is 7.69. The standard InChI is InChI=1S/C12H18ClN3O4S/c1-2-3-4-9(8-14)15-21(19,20)12-6-5-10(16(17)18)7-11(12)13/h5-7,9,15H,2-4,8,14H2,1H3. The first-order valence-corrected chi connectivity index (χ1v) is 8.34. The lowest BCUT2D eigenvalue weighted by molar-refractivity contribution is -0.384. The largest absolute Gasteiger partial charge is 0.329 e. The van der Waals surface area contributed by atoms with Crippen LogP contribution in [-0.4, -0.2) is 25.9 Å². The fraction of sp³-hybridized carbons (Fsp3) is 0.500. The highest BCUT2D eigenvalue weighted by Crippen LogP contribution is 2.26. The van der Waals surface area contributed by atoms with Crippen LogP contribution in [0.3, 0.4) is 0 Å². The molecule has 0 aliphatic carbocycles. The van der Waals surface area contributed by atoms with Crippen LogP contribution in [0.5, 0.6) is 0 Å². The zero-order valence-electron chi connectivity index (χ0n) is 11.6. The molecular weight excluding hydrogens is 318 g/mol. The summed E-state index contributed by atoms with van der Waals surface area (Å²) in [7, 11) is -3.86. The van der Waals surface area contributed by atoms with Crippen molar-refractivity contribution in [2.75, 3.05) is 6.54 Å². The lowest BCUT2D eigenvalue weighted by Crippen LogP contribution is -2.40. The number of unbranched alkanes of at least 4 members (excludes halogenated alkanes) is 1. The second-order valence-electron chi connectivity index (χ2n) is 4.57. The number of hydrogen-bond donors (Lipinski definition) is 2. The molecular formula is C12H18ClN3O4S. The van der Waals surface area contributed by atoms with Gasteiger partial charge in [0.25, 0.3) is 5.69 Å². The van der Waals surface area contributed by atoms with Crippen LogP contribution in [0.2, 0.25) is 5.02 Å². The smallest absolute Gasteiger partial charge is 0.271 e. The van der Waals surface area contributed by atoms with E-state index in [1.165, 1.54) is 0 Å². The Labute approximate surface area is 128 Å². The highest BCUT2D eigenvalue weighted by atomic mass is 35.5. The maximum atomic E-state index is 12.2. The Bertz CT molecular complexity index is 607. The lowest BCUT2D eigenvalue weighted by Gasteiger charge is -2.17. The molecule has 7 nitrogen and oxygen atoms in total. The van der Waals surface area contributed by atoms with Crippen LogP contribution in [0.25, 0.3) is 0 Å². The molecule has 1 aromatic rings. The van der Waals surface area contributed by atoms with Crippen molar-refractivity contribution in [1.82, 2.24) is 4.72 Å². The van der Waals surface area contributed by atoms with Gasteiger partial charge in [0.1, 0.15) is 4.90 Å². The van der Waals surface area contributed by atoms with Gasteiger partial charge in [-0.1, -0.05) is 31.4 Å². The molecule has 0 saturated heterocycles. The van der Waals surface area contributed by atoms with Crippen molar-refractivity contribution in [1.29, 1.82) is 0 Å². The molecule has 0 saturated carbocycles. The van der Waals surface area contributed by atoms with Gasteiger partial charge in [0.15, 0.2) is 0 Å². The van der Waals surface area contributed by atoms with Gasteiger partial charge in [0.2, 0.25) is 10.0 Å². The van der Waals surface area contributed by atoms with E-state index in [0.717, 1.165) is 31.0 Å². The molecule has 1 aromatic carbocycles. The van der Waals surface area contributed by atoms with Gasteiger partial charge in [0.05, 0.1) is 9.95 Å². The summed E-state index contributed by atoms with van der Waals surface area (Å²) in [5.74, 6) is 0. The van der Waals surface area contributed by atoms with E-state index >= 15 is 0 Å². The average molecular weight is 336 g/mol. The van der Waals surface area contributed by atoms with Crippen molar-refractivity contribution in [3.05, 3.63) is 33.3 Å². The van der Waals surface area contributed by atoms with Gasteiger partial charge < -0.3 is 5.73 Å². The van der Waals surface area contributed by atoms with E-state index in [1.54, 1.807) is 0 Å². The molecule has 0 aromatic heterocycles. The Hall–Kier alpha value is -1.22.